The average molecular weight is 444 g/mol. The minimum Gasteiger partial charge on any atom is -0.336 e. The highest BCUT2D eigenvalue weighted by Gasteiger charge is 2.18. The van der Waals surface area contributed by atoms with Crippen molar-refractivity contribution in [1.82, 2.24) is 10.6 Å². The zero-order chi connectivity index (χ0) is 22.3. The Bertz CT molecular complexity index is 968. The molecule has 0 aromatic heterocycles. The van der Waals surface area contributed by atoms with Gasteiger partial charge in [-0.05, 0) is 49.9 Å². The van der Waals surface area contributed by atoms with Crippen LogP contribution < -0.4 is 15.4 Å². The fourth-order valence-electron chi connectivity index (χ4n) is 4.13. The molecule has 0 aliphatic heterocycles. The van der Waals surface area contributed by atoms with Crippen LogP contribution in [-0.4, -0.2) is 20.5 Å². The van der Waals surface area contributed by atoms with Gasteiger partial charge in [0, 0.05) is 12.6 Å². The van der Waals surface area contributed by atoms with Crippen LogP contribution in [0.3, 0.4) is 0 Å². The monoisotopic (exact) mass is 443 g/mol. The molecule has 168 valence electrons. The molecule has 0 radical (unpaired) electrons. The molecule has 1 atom stereocenters. The molecule has 0 spiro atoms. The van der Waals surface area contributed by atoms with Crippen molar-refractivity contribution in [2.45, 2.75) is 69.9 Å². The zero-order valence-corrected chi connectivity index (χ0v) is 19.2. The van der Waals surface area contributed by atoms with Gasteiger partial charge in [0.25, 0.3) is 10.0 Å². The lowest BCUT2D eigenvalue weighted by Gasteiger charge is -2.25. The lowest BCUT2D eigenvalue weighted by Crippen LogP contribution is -2.41. The first kappa shape index (κ1) is 23.1. The number of anilines is 1. The Balaban J connectivity index is 1.56. The molecule has 31 heavy (non-hydrogen) atoms. The summed E-state index contributed by atoms with van der Waals surface area (Å²) in [5.41, 5.74) is 2.15. The number of carbonyl (C=O) groups excluding carboxylic acids is 1. The number of hydrogen-bond acceptors (Lipinski definition) is 3. The SMILES string of the molecule is Cc1ccc(S(=O)(=O)Nc2ccccc2CNC(=O)NC(C)CC2CCCCC2)cc1. The summed E-state index contributed by atoms with van der Waals surface area (Å²) in [6.45, 7) is 4.18. The van der Waals surface area contributed by atoms with Gasteiger partial charge < -0.3 is 10.6 Å². The topological polar surface area (TPSA) is 87.3 Å². The summed E-state index contributed by atoms with van der Waals surface area (Å²) in [5, 5.41) is 5.86. The lowest BCUT2D eigenvalue weighted by molar-refractivity contribution is 0.232. The third kappa shape index (κ3) is 6.99. The summed E-state index contributed by atoms with van der Waals surface area (Å²) in [6.07, 6.45) is 7.41. The van der Waals surface area contributed by atoms with E-state index in [4.69, 9.17) is 0 Å². The quantitative estimate of drug-likeness (QED) is 0.539. The fourth-order valence-corrected chi connectivity index (χ4v) is 5.23. The van der Waals surface area contributed by atoms with E-state index in [0.717, 1.165) is 12.0 Å². The number of benzene rings is 2. The minimum absolute atomic E-state index is 0.110. The van der Waals surface area contributed by atoms with Crippen molar-refractivity contribution in [3.05, 3.63) is 59.7 Å². The van der Waals surface area contributed by atoms with Gasteiger partial charge >= 0.3 is 6.03 Å². The molecule has 1 aliphatic rings. The summed E-state index contributed by atoms with van der Waals surface area (Å²) >= 11 is 0. The van der Waals surface area contributed by atoms with Crippen LogP contribution in [0, 0.1) is 12.8 Å². The average Bonchev–Trinajstić information content (AvgIpc) is 2.74. The smallest absolute Gasteiger partial charge is 0.315 e. The number of rotatable bonds is 8. The number of para-hydroxylation sites is 1. The lowest BCUT2D eigenvalue weighted by atomic mass is 9.85. The van der Waals surface area contributed by atoms with E-state index >= 15 is 0 Å². The molecule has 1 unspecified atom stereocenters. The maximum Gasteiger partial charge on any atom is 0.315 e. The van der Waals surface area contributed by atoms with Gasteiger partial charge in [-0.3, -0.25) is 4.72 Å². The first-order chi connectivity index (χ1) is 14.8. The summed E-state index contributed by atoms with van der Waals surface area (Å²) in [5.74, 6) is 0.695. The summed E-state index contributed by atoms with van der Waals surface area (Å²) in [6, 6.07) is 13.7. The fraction of sp³-hybridized carbons (Fsp3) is 0.458. The van der Waals surface area contributed by atoms with Crippen molar-refractivity contribution >= 4 is 21.7 Å². The van der Waals surface area contributed by atoms with E-state index in [1.165, 1.54) is 32.1 Å². The van der Waals surface area contributed by atoms with E-state index in [0.29, 0.717) is 17.2 Å². The second kappa shape index (κ2) is 10.7. The molecule has 0 saturated heterocycles. The van der Waals surface area contributed by atoms with Crippen molar-refractivity contribution < 1.29 is 13.2 Å². The van der Waals surface area contributed by atoms with E-state index in [1.807, 2.05) is 19.9 Å². The van der Waals surface area contributed by atoms with E-state index < -0.39 is 10.0 Å². The minimum atomic E-state index is -3.70. The second-order valence-electron chi connectivity index (χ2n) is 8.54. The van der Waals surface area contributed by atoms with Crippen LogP contribution in [0.25, 0.3) is 0 Å². The van der Waals surface area contributed by atoms with E-state index in [2.05, 4.69) is 15.4 Å². The Morgan fingerprint density at radius 1 is 1.03 bits per heavy atom. The molecular weight excluding hydrogens is 410 g/mol. The predicted molar refractivity (Wildman–Crippen MR) is 124 cm³/mol. The Morgan fingerprint density at radius 3 is 2.42 bits per heavy atom. The Kier molecular flexibility index (Phi) is 7.96. The molecule has 2 amide bonds. The van der Waals surface area contributed by atoms with Gasteiger partial charge in [-0.25, -0.2) is 13.2 Å². The number of nitrogens with one attached hydrogen (secondary N) is 3. The molecule has 2 aromatic rings. The number of carbonyl (C=O) groups is 1. The van der Waals surface area contributed by atoms with Gasteiger partial charge in [-0.2, -0.15) is 0 Å². The molecule has 3 N–H and O–H groups in total. The number of hydrogen-bond donors (Lipinski definition) is 3. The van der Waals surface area contributed by atoms with E-state index in [9.17, 15) is 13.2 Å². The first-order valence-electron chi connectivity index (χ1n) is 11.1. The standard InChI is InChI=1S/C24H33N3O3S/c1-18-12-14-22(15-13-18)31(29,30)27-23-11-7-6-10-21(23)17-25-24(28)26-19(2)16-20-8-4-3-5-9-20/h6-7,10-15,19-20,27H,3-5,8-9,16-17H2,1-2H3,(H2,25,26,28). The third-order valence-corrected chi connectivity index (χ3v) is 7.20. The zero-order valence-electron chi connectivity index (χ0n) is 18.4. The molecule has 0 bridgehead atoms. The van der Waals surface area contributed by atoms with Gasteiger partial charge in [0.05, 0.1) is 10.6 Å². The maximum absolute atomic E-state index is 12.7. The van der Waals surface area contributed by atoms with Crippen molar-refractivity contribution in [1.29, 1.82) is 0 Å². The molecule has 3 rings (SSSR count). The predicted octanol–water partition coefficient (Wildman–Crippen LogP) is 4.95. The van der Waals surface area contributed by atoms with Crippen LogP contribution in [0.2, 0.25) is 0 Å². The van der Waals surface area contributed by atoms with E-state index in [-0.39, 0.29) is 23.5 Å². The first-order valence-corrected chi connectivity index (χ1v) is 12.5. The Hall–Kier alpha value is -2.54. The maximum atomic E-state index is 12.7. The number of sulfonamides is 1. The van der Waals surface area contributed by atoms with Crippen molar-refractivity contribution in [3.63, 3.8) is 0 Å². The van der Waals surface area contributed by atoms with E-state index in [1.54, 1.807) is 42.5 Å². The molecule has 0 heterocycles. The molecule has 1 aliphatic carbocycles. The largest absolute Gasteiger partial charge is 0.336 e. The van der Waals surface area contributed by atoms with Crippen molar-refractivity contribution in [2.75, 3.05) is 4.72 Å². The molecule has 7 heteroatoms. The summed E-state index contributed by atoms with van der Waals surface area (Å²) in [4.78, 5) is 12.6. The van der Waals surface area contributed by atoms with Gasteiger partial charge in [-0.15, -0.1) is 0 Å². The highest BCUT2D eigenvalue weighted by molar-refractivity contribution is 7.92. The van der Waals surface area contributed by atoms with Crippen LogP contribution >= 0.6 is 0 Å². The van der Waals surface area contributed by atoms with Crippen LogP contribution in [-0.2, 0) is 16.6 Å². The summed E-state index contributed by atoms with van der Waals surface area (Å²) < 4.78 is 28.1. The molecule has 1 saturated carbocycles. The summed E-state index contributed by atoms with van der Waals surface area (Å²) in [7, 11) is -3.70. The van der Waals surface area contributed by atoms with Crippen molar-refractivity contribution in [2.24, 2.45) is 5.92 Å². The van der Waals surface area contributed by atoms with Crippen LogP contribution in [0.5, 0.6) is 0 Å². The van der Waals surface area contributed by atoms with Crippen LogP contribution in [0.1, 0.15) is 56.6 Å². The van der Waals surface area contributed by atoms with Gasteiger partial charge in [0.2, 0.25) is 0 Å². The van der Waals surface area contributed by atoms with Crippen molar-refractivity contribution in [3.8, 4) is 0 Å². The molecule has 1 fully saturated rings. The normalized spacial score (nSPS) is 15.8. The Morgan fingerprint density at radius 2 is 1.71 bits per heavy atom. The molecular formula is C24H33N3O3S. The van der Waals surface area contributed by atoms with Gasteiger partial charge in [0.1, 0.15) is 0 Å². The number of aryl methyl sites for hydroxylation is 1. The second-order valence-corrected chi connectivity index (χ2v) is 10.2. The van der Waals surface area contributed by atoms with Gasteiger partial charge in [0.15, 0.2) is 0 Å². The molecule has 6 nitrogen and oxygen atoms in total. The number of urea groups is 1. The van der Waals surface area contributed by atoms with Gasteiger partial charge in [-0.1, -0.05) is 68.0 Å². The molecule has 2 aromatic carbocycles. The number of amides is 2. The van der Waals surface area contributed by atoms with Crippen LogP contribution in [0.4, 0.5) is 10.5 Å². The van der Waals surface area contributed by atoms with Crippen LogP contribution in [0.15, 0.2) is 53.4 Å². The highest BCUT2D eigenvalue weighted by Crippen LogP contribution is 2.27. The third-order valence-electron chi connectivity index (χ3n) is 5.82. The Labute approximate surface area is 185 Å². The highest BCUT2D eigenvalue weighted by atomic mass is 32.2.